The third kappa shape index (κ3) is 3.45. The molecular weight excluding hydrogens is 326 g/mol. The maximum absolute atomic E-state index is 6.44. The molecule has 0 amide bonds. The summed E-state index contributed by atoms with van der Waals surface area (Å²) in [5, 5.41) is 3.63. The highest BCUT2D eigenvalue weighted by atomic mass is 79.9. The van der Waals surface area contributed by atoms with Gasteiger partial charge >= 0.3 is 0 Å². The predicted molar refractivity (Wildman–Crippen MR) is 92.0 cm³/mol. The van der Waals surface area contributed by atoms with Crippen LogP contribution in [-0.2, 0) is 4.74 Å². The highest BCUT2D eigenvalue weighted by Gasteiger charge is 2.40. The third-order valence-corrected chi connectivity index (χ3v) is 5.57. The Morgan fingerprint density at radius 3 is 2.48 bits per heavy atom. The monoisotopic (exact) mass is 351 g/mol. The molecule has 1 aromatic carbocycles. The van der Waals surface area contributed by atoms with Crippen LogP contribution in [0.5, 0.6) is 0 Å². The van der Waals surface area contributed by atoms with Crippen LogP contribution in [0.25, 0.3) is 0 Å². The van der Waals surface area contributed by atoms with Crippen molar-refractivity contribution in [3.63, 3.8) is 0 Å². The van der Waals surface area contributed by atoms with Crippen molar-refractivity contribution in [2.45, 2.75) is 70.5 Å². The van der Waals surface area contributed by atoms with E-state index in [1.165, 1.54) is 61.8 Å². The zero-order valence-electron chi connectivity index (χ0n) is 13.2. The minimum absolute atomic E-state index is 0.231. The molecule has 1 atom stereocenters. The molecule has 2 fully saturated rings. The fourth-order valence-corrected chi connectivity index (χ4v) is 4.70. The molecular formula is C18H26BrNO. The van der Waals surface area contributed by atoms with Crippen LogP contribution in [-0.4, -0.2) is 18.2 Å². The van der Waals surface area contributed by atoms with E-state index < -0.39 is 0 Å². The first-order valence-electron chi connectivity index (χ1n) is 8.26. The van der Waals surface area contributed by atoms with E-state index in [4.69, 9.17) is 4.74 Å². The summed E-state index contributed by atoms with van der Waals surface area (Å²) in [6, 6.07) is 4.35. The number of nitrogens with one attached hydrogen (secondary N) is 1. The van der Waals surface area contributed by atoms with Crippen LogP contribution in [0.1, 0.15) is 56.1 Å². The lowest BCUT2D eigenvalue weighted by Crippen LogP contribution is -2.33. The molecule has 1 aromatic rings. The summed E-state index contributed by atoms with van der Waals surface area (Å²) in [6.45, 7) is 5.27. The van der Waals surface area contributed by atoms with Gasteiger partial charge in [0.1, 0.15) is 0 Å². The van der Waals surface area contributed by atoms with Gasteiger partial charge in [0.05, 0.1) is 11.7 Å². The van der Waals surface area contributed by atoms with Crippen molar-refractivity contribution in [3.05, 3.63) is 27.7 Å². The van der Waals surface area contributed by atoms with Crippen molar-refractivity contribution in [1.82, 2.24) is 0 Å². The Kier molecular flexibility index (Phi) is 4.60. The maximum Gasteiger partial charge on any atom is 0.0756 e. The first-order valence-corrected chi connectivity index (χ1v) is 9.06. The van der Waals surface area contributed by atoms with Crippen LogP contribution < -0.4 is 5.32 Å². The second-order valence-electron chi connectivity index (χ2n) is 6.82. The summed E-state index contributed by atoms with van der Waals surface area (Å²) in [5.74, 6) is 0. The minimum Gasteiger partial charge on any atom is -0.382 e. The summed E-state index contributed by atoms with van der Waals surface area (Å²) in [6.07, 6.45) is 9.51. The Hall–Kier alpha value is -0.540. The van der Waals surface area contributed by atoms with E-state index in [2.05, 4.69) is 47.2 Å². The normalized spacial score (nSPS) is 24.4. The first kappa shape index (κ1) is 15.4. The Morgan fingerprint density at radius 1 is 1.14 bits per heavy atom. The topological polar surface area (TPSA) is 21.3 Å². The molecule has 1 aliphatic carbocycles. The van der Waals surface area contributed by atoms with Crippen molar-refractivity contribution in [3.8, 4) is 0 Å². The Labute approximate surface area is 136 Å². The molecule has 0 bridgehead atoms. The highest BCUT2D eigenvalue weighted by molar-refractivity contribution is 9.10. The number of hydrogen-bond donors (Lipinski definition) is 1. The summed E-state index contributed by atoms with van der Waals surface area (Å²) >= 11 is 3.56. The molecule has 1 aliphatic heterocycles. The molecule has 1 N–H and O–H groups in total. The number of anilines is 1. The molecule has 1 saturated heterocycles. The van der Waals surface area contributed by atoms with Gasteiger partial charge in [0, 0.05) is 16.7 Å². The van der Waals surface area contributed by atoms with Gasteiger partial charge in [-0.25, -0.2) is 0 Å². The van der Waals surface area contributed by atoms with Crippen molar-refractivity contribution in [2.75, 3.05) is 11.9 Å². The molecule has 3 heteroatoms. The van der Waals surface area contributed by atoms with Crippen molar-refractivity contribution in [2.24, 2.45) is 0 Å². The molecule has 0 radical (unpaired) electrons. The van der Waals surface area contributed by atoms with E-state index in [0.717, 1.165) is 11.0 Å². The number of ether oxygens (including phenoxy) is 1. The Morgan fingerprint density at radius 2 is 1.81 bits per heavy atom. The van der Waals surface area contributed by atoms with Gasteiger partial charge in [0.25, 0.3) is 0 Å². The number of aryl methyl sites for hydroxylation is 2. The van der Waals surface area contributed by atoms with E-state index in [-0.39, 0.29) is 5.60 Å². The molecule has 2 nitrogen and oxygen atoms in total. The van der Waals surface area contributed by atoms with Gasteiger partial charge in [0.15, 0.2) is 0 Å². The molecule has 0 aromatic heterocycles. The molecule has 3 rings (SSSR count). The first-order chi connectivity index (χ1) is 10.1. The minimum atomic E-state index is 0.231. The largest absolute Gasteiger partial charge is 0.382 e. The molecule has 116 valence electrons. The second-order valence-corrected chi connectivity index (χ2v) is 7.73. The lowest BCUT2D eigenvalue weighted by Gasteiger charge is -2.33. The fourth-order valence-electron chi connectivity index (χ4n) is 4.01. The predicted octanol–water partition coefficient (Wildman–Crippen LogP) is 5.36. The highest BCUT2D eigenvalue weighted by Crippen LogP contribution is 2.42. The van der Waals surface area contributed by atoms with Crippen molar-refractivity contribution in [1.29, 1.82) is 0 Å². The van der Waals surface area contributed by atoms with Crippen LogP contribution in [0.3, 0.4) is 0 Å². The Balaban J connectivity index is 1.59. The van der Waals surface area contributed by atoms with Gasteiger partial charge in [-0.1, -0.05) is 35.2 Å². The summed E-state index contributed by atoms with van der Waals surface area (Å²) in [4.78, 5) is 0. The number of rotatable bonds is 3. The van der Waals surface area contributed by atoms with Crippen LogP contribution in [0, 0.1) is 13.8 Å². The summed E-state index contributed by atoms with van der Waals surface area (Å²) in [7, 11) is 0. The lowest BCUT2D eigenvalue weighted by atomic mass is 9.83. The van der Waals surface area contributed by atoms with Gasteiger partial charge in [0.2, 0.25) is 0 Å². The van der Waals surface area contributed by atoms with E-state index in [1.54, 1.807) is 0 Å². The smallest absolute Gasteiger partial charge is 0.0756 e. The lowest BCUT2D eigenvalue weighted by molar-refractivity contribution is -0.0588. The van der Waals surface area contributed by atoms with Gasteiger partial charge in [-0.3, -0.25) is 0 Å². The van der Waals surface area contributed by atoms with E-state index >= 15 is 0 Å². The third-order valence-electron chi connectivity index (χ3n) is 5.11. The number of halogens is 1. The number of benzene rings is 1. The van der Waals surface area contributed by atoms with Gasteiger partial charge in [-0.15, -0.1) is 0 Å². The zero-order chi connectivity index (χ0) is 14.9. The summed E-state index contributed by atoms with van der Waals surface area (Å²) < 4.78 is 7.60. The number of hydrogen-bond acceptors (Lipinski definition) is 2. The molecule has 1 saturated carbocycles. The maximum atomic E-state index is 6.44. The fraction of sp³-hybridized carbons (Fsp3) is 0.667. The second kappa shape index (κ2) is 6.29. The van der Waals surface area contributed by atoms with Crippen LogP contribution in [0.4, 0.5) is 5.69 Å². The van der Waals surface area contributed by atoms with Gasteiger partial charge in [-0.05, 0) is 62.8 Å². The quantitative estimate of drug-likeness (QED) is 0.791. The molecule has 2 aliphatic rings. The molecule has 1 unspecified atom stereocenters. The van der Waals surface area contributed by atoms with E-state index in [1.807, 2.05) is 0 Å². The Bertz CT molecular complexity index is 485. The van der Waals surface area contributed by atoms with Crippen LogP contribution >= 0.6 is 15.9 Å². The molecule has 21 heavy (non-hydrogen) atoms. The average Bonchev–Trinajstić information content (AvgIpc) is 2.81. The van der Waals surface area contributed by atoms with Crippen LogP contribution in [0.2, 0.25) is 0 Å². The zero-order valence-corrected chi connectivity index (χ0v) is 14.8. The van der Waals surface area contributed by atoms with Gasteiger partial charge < -0.3 is 10.1 Å². The molecule has 1 heterocycles. The van der Waals surface area contributed by atoms with Crippen molar-refractivity contribution < 1.29 is 4.74 Å². The standard InChI is InChI=1S/C18H26BrNO/c1-13-10-15(19)11-14(2)17(13)20-12-16-6-9-18(21-16)7-4-3-5-8-18/h10-11,16,20H,3-9,12H2,1-2H3. The van der Waals surface area contributed by atoms with Gasteiger partial charge in [-0.2, -0.15) is 0 Å². The van der Waals surface area contributed by atoms with Crippen LogP contribution in [0.15, 0.2) is 16.6 Å². The average molecular weight is 352 g/mol. The van der Waals surface area contributed by atoms with Crippen molar-refractivity contribution >= 4 is 21.6 Å². The van der Waals surface area contributed by atoms with E-state index in [0.29, 0.717) is 6.10 Å². The van der Waals surface area contributed by atoms with E-state index in [9.17, 15) is 0 Å². The summed E-state index contributed by atoms with van der Waals surface area (Å²) in [5.41, 5.74) is 4.10. The molecule has 1 spiro atoms. The SMILES string of the molecule is Cc1cc(Br)cc(C)c1NCC1CCC2(CCCCC2)O1.